The minimum atomic E-state index is -4.29. The molecule has 0 aliphatic carbocycles. The molecule has 1 fully saturated rings. The van der Waals surface area contributed by atoms with Crippen LogP contribution in [0.1, 0.15) is 92.4 Å². The molecule has 1 saturated heterocycles. The van der Waals surface area contributed by atoms with Crippen LogP contribution in [0.15, 0.2) is 51.2 Å². The van der Waals surface area contributed by atoms with E-state index in [0.29, 0.717) is 39.5 Å². The standard InChI is InChI=1S/C38H52N4O9S2/c1-6-9-11-14-20-48-21-15-19-41-34(39-27-17-12-13-18-32(27)53(41,46)47)33(42-36(44)38(4,5)51-37(42)45)35(43)40-28-22-29-30(50-25-49-29)23-31(28)52-24-26(8-3)16-10-7-2/h12-13,17-18,22-23,26,33H,6-11,14-16,19-21,24-25H2,1-5H3,(H,40,43). The zero-order chi connectivity index (χ0) is 38.2. The normalized spacial score (nSPS) is 18.0. The van der Waals surface area contributed by atoms with Gasteiger partial charge in [-0.05, 0) is 57.2 Å². The molecule has 13 nitrogen and oxygen atoms in total. The Morgan fingerprint density at radius 2 is 1.72 bits per heavy atom. The van der Waals surface area contributed by atoms with Gasteiger partial charge in [-0.1, -0.05) is 71.4 Å². The minimum Gasteiger partial charge on any atom is -0.454 e. The number of sulfonamides is 1. The number of rotatable bonds is 20. The van der Waals surface area contributed by atoms with Gasteiger partial charge in [0.2, 0.25) is 6.79 Å². The number of imide groups is 1. The summed E-state index contributed by atoms with van der Waals surface area (Å²) in [6, 6.07) is 7.81. The van der Waals surface area contributed by atoms with Gasteiger partial charge in [-0.2, -0.15) is 0 Å². The molecule has 3 amide bonds. The molecular formula is C38H52N4O9S2. The lowest BCUT2D eigenvalue weighted by molar-refractivity contribution is -0.137. The molecule has 290 valence electrons. The van der Waals surface area contributed by atoms with E-state index < -0.39 is 39.6 Å². The van der Waals surface area contributed by atoms with Crippen molar-refractivity contribution < 1.29 is 41.7 Å². The van der Waals surface area contributed by atoms with E-state index in [1.54, 1.807) is 36.0 Å². The molecule has 0 aromatic heterocycles. The fourth-order valence-electron chi connectivity index (χ4n) is 6.37. The Bertz CT molecular complexity index is 1780. The zero-order valence-corrected chi connectivity index (χ0v) is 33.0. The van der Waals surface area contributed by atoms with Gasteiger partial charge in [-0.3, -0.25) is 13.9 Å². The molecule has 1 N–H and O–H groups in total. The van der Waals surface area contributed by atoms with Crippen molar-refractivity contribution in [3.8, 4) is 11.5 Å². The van der Waals surface area contributed by atoms with Gasteiger partial charge in [0.25, 0.3) is 21.8 Å². The molecule has 2 atom stereocenters. The van der Waals surface area contributed by atoms with Crippen molar-refractivity contribution in [2.24, 2.45) is 10.9 Å². The van der Waals surface area contributed by atoms with E-state index >= 15 is 0 Å². The highest BCUT2D eigenvalue weighted by Gasteiger charge is 2.55. The largest absolute Gasteiger partial charge is 0.454 e. The molecule has 53 heavy (non-hydrogen) atoms. The van der Waals surface area contributed by atoms with Gasteiger partial charge in [0.1, 0.15) is 4.90 Å². The van der Waals surface area contributed by atoms with Gasteiger partial charge in [0.05, 0.1) is 11.4 Å². The summed E-state index contributed by atoms with van der Waals surface area (Å²) in [7, 11) is -4.29. The van der Waals surface area contributed by atoms with Crippen LogP contribution in [0.4, 0.5) is 16.2 Å². The number of carbonyl (C=O) groups is 3. The molecule has 5 rings (SSSR count). The lowest BCUT2D eigenvalue weighted by atomic mass is 10.0. The van der Waals surface area contributed by atoms with E-state index in [1.165, 1.54) is 26.0 Å². The van der Waals surface area contributed by atoms with Gasteiger partial charge in [0, 0.05) is 36.5 Å². The quantitative estimate of drug-likeness (QED) is 0.106. The number of amides is 3. The highest BCUT2D eigenvalue weighted by Crippen LogP contribution is 2.43. The summed E-state index contributed by atoms with van der Waals surface area (Å²) < 4.78 is 52.1. The number of carbonyl (C=O) groups excluding carboxylic acids is 3. The van der Waals surface area contributed by atoms with Crippen molar-refractivity contribution in [2.75, 3.05) is 37.6 Å². The van der Waals surface area contributed by atoms with Gasteiger partial charge in [0.15, 0.2) is 29.0 Å². The first-order chi connectivity index (χ1) is 25.4. The Morgan fingerprint density at radius 1 is 1.00 bits per heavy atom. The van der Waals surface area contributed by atoms with Crippen LogP contribution in [0.3, 0.4) is 0 Å². The Labute approximate surface area is 317 Å². The monoisotopic (exact) mass is 772 g/mol. The second-order valence-corrected chi connectivity index (χ2v) is 16.8. The summed E-state index contributed by atoms with van der Waals surface area (Å²) in [5.74, 6) is 0.214. The average molecular weight is 773 g/mol. The molecule has 3 aliphatic rings. The second-order valence-electron chi connectivity index (χ2n) is 13.9. The molecule has 3 heterocycles. The number of amidine groups is 1. The maximum absolute atomic E-state index is 14.7. The first-order valence-electron chi connectivity index (χ1n) is 18.6. The van der Waals surface area contributed by atoms with Crippen LogP contribution < -0.4 is 14.8 Å². The summed E-state index contributed by atoms with van der Waals surface area (Å²) >= 11 is 1.56. The number of nitrogens with one attached hydrogen (secondary N) is 1. The molecule has 15 heteroatoms. The number of thioether (sulfide) groups is 1. The van der Waals surface area contributed by atoms with Gasteiger partial charge in [-0.15, -0.1) is 11.8 Å². The van der Waals surface area contributed by atoms with Crippen LogP contribution in [-0.4, -0.2) is 85.3 Å². The lowest BCUT2D eigenvalue weighted by Crippen LogP contribution is -2.59. The van der Waals surface area contributed by atoms with E-state index in [0.717, 1.165) is 61.4 Å². The molecule has 2 unspecified atom stereocenters. The predicted molar refractivity (Wildman–Crippen MR) is 203 cm³/mol. The lowest BCUT2D eigenvalue weighted by Gasteiger charge is -2.35. The highest BCUT2D eigenvalue weighted by atomic mass is 32.2. The van der Waals surface area contributed by atoms with Gasteiger partial charge >= 0.3 is 6.09 Å². The number of cyclic esters (lactones) is 1. The summed E-state index contributed by atoms with van der Waals surface area (Å²) in [6.07, 6.45) is 7.59. The Balaban J connectivity index is 1.52. The van der Waals surface area contributed by atoms with Crippen molar-refractivity contribution in [3.05, 3.63) is 36.4 Å². The smallest absolute Gasteiger partial charge is 0.418 e. The number of anilines is 1. The molecule has 0 saturated carbocycles. The van der Waals surface area contributed by atoms with Crippen LogP contribution in [0.2, 0.25) is 0 Å². The number of unbranched alkanes of at least 4 members (excludes halogenated alkanes) is 4. The van der Waals surface area contributed by atoms with Crippen molar-refractivity contribution in [1.29, 1.82) is 0 Å². The number of aliphatic imine (C=N–C) groups is 1. The van der Waals surface area contributed by atoms with Gasteiger partial charge in [-0.25, -0.2) is 23.1 Å². The minimum absolute atomic E-state index is 0.0161. The number of hydrogen-bond acceptors (Lipinski definition) is 11. The van der Waals surface area contributed by atoms with E-state index in [9.17, 15) is 22.8 Å². The second kappa shape index (κ2) is 18.0. The summed E-state index contributed by atoms with van der Waals surface area (Å²) in [5, 5.41) is 2.92. The first kappa shape index (κ1) is 40.4. The SMILES string of the molecule is CCCCCCOCCCN1C(C(C(=O)Nc2cc3c(cc2SCC(CC)CCCC)OCO3)N2C(=O)OC(C)(C)C2=O)=Nc2ccccc2S1(=O)=O. The fourth-order valence-corrected chi connectivity index (χ4v) is 9.26. The maximum Gasteiger partial charge on any atom is 0.418 e. The van der Waals surface area contributed by atoms with E-state index in [-0.39, 0.29) is 42.8 Å². The van der Waals surface area contributed by atoms with Gasteiger partial charge < -0.3 is 24.3 Å². The topological polar surface area (TPSA) is 153 Å². The number of benzene rings is 2. The first-order valence-corrected chi connectivity index (χ1v) is 21.1. The highest BCUT2D eigenvalue weighted by molar-refractivity contribution is 7.99. The molecule has 2 aromatic rings. The molecule has 0 radical (unpaired) electrons. The number of hydrogen-bond donors (Lipinski definition) is 1. The Hall–Kier alpha value is -3.82. The molecule has 2 aromatic carbocycles. The van der Waals surface area contributed by atoms with Crippen molar-refractivity contribution >= 4 is 56.9 Å². The third kappa shape index (κ3) is 9.29. The Morgan fingerprint density at radius 3 is 2.42 bits per heavy atom. The van der Waals surface area contributed by atoms with Crippen LogP contribution in [0.25, 0.3) is 0 Å². The summed E-state index contributed by atoms with van der Waals surface area (Å²) in [5.41, 5.74) is -1.16. The zero-order valence-electron chi connectivity index (χ0n) is 31.4. The van der Waals surface area contributed by atoms with E-state index in [1.807, 2.05) is 0 Å². The maximum atomic E-state index is 14.7. The average Bonchev–Trinajstić information content (AvgIpc) is 3.66. The third-order valence-electron chi connectivity index (χ3n) is 9.49. The van der Waals surface area contributed by atoms with Crippen LogP contribution in [-0.2, 0) is 29.1 Å². The fraction of sp³-hybridized carbons (Fsp3) is 0.579. The van der Waals surface area contributed by atoms with Crippen LogP contribution in [0, 0.1) is 5.92 Å². The molecule has 0 spiro atoms. The number of ether oxygens (including phenoxy) is 4. The third-order valence-corrected chi connectivity index (χ3v) is 12.6. The summed E-state index contributed by atoms with van der Waals surface area (Å²) in [4.78, 5) is 48.1. The van der Waals surface area contributed by atoms with Crippen LogP contribution >= 0.6 is 11.8 Å². The van der Waals surface area contributed by atoms with E-state index in [4.69, 9.17) is 18.9 Å². The number of fused-ring (bicyclic) bond motifs is 2. The van der Waals surface area contributed by atoms with Crippen molar-refractivity contribution in [3.63, 3.8) is 0 Å². The molecule has 3 aliphatic heterocycles. The predicted octanol–water partition coefficient (Wildman–Crippen LogP) is 7.51. The Kier molecular flexibility index (Phi) is 13.7. The number of para-hydroxylation sites is 1. The summed E-state index contributed by atoms with van der Waals surface area (Å²) in [6.45, 7) is 9.99. The number of nitrogens with zero attached hydrogens (tertiary/aromatic N) is 3. The van der Waals surface area contributed by atoms with E-state index in [2.05, 4.69) is 31.1 Å². The molecular weight excluding hydrogens is 721 g/mol. The van der Waals surface area contributed by atoms with Crippen molar-refractivity contribution in [2.45, 2.75) is 114 Å². The van der Waals surface area contributed by atoms with Crippen molar-refractivity contribution in [1.82, 2.24) is 9.21 Å². The van der Waals surface area contributed by atoms with Crippen LogP contribution in [0.5, 0.6) is 11.5 Å². The molecule has 0 bridgehead atoms.